The lowest BCUT2D eigenvalue weighted by atomic mass is 9.99. The van der Waals surface area contributed by atoms with E-state index < -0.39 is 10.2 Å². The number of hydrogen-bond acceptors (Lipinski definition) is 3. The predicted octanol–water partition coefficient (Wildman–Crippen LogP) is 1.85. The van der Waals surface area contributed by atoms with Gasteiger partial charge in [0.25, 0.3) is 10.2 Å². The first-order valence-electron chi connectivity index (χ1n) is 7.57. The van der Waals surface area contributed by atoms with Gasteiger partial charge in [-0.2, -0.15) is 17.0 Å². The van der Waals surface area contributed by atoms with Crippen LogP contribution >= 0.6 is 12.4 Å². The van der Waals surface area contributed by atoms with Gasteiger partial charge in [0.1, 0.15) is 0 Å². The summed E-state index contributed by atoms with van der Waals surface area (Å²) in [6, 6.07) is 9.72. The summed E-state index contributed by atoms with van der Waals surface area (Å²) in [7, 11) is -3.38. The lowest BCUT2D eigenvalue weighted by Gasteiger charge is -2.34. The van der Waals surface area contributed by atoms with Gasteiger partial charge in [0.2, 0.25) is 0 Å². The van der Waals surface area contributed by atoms with Gasteiger partial charge in [0.05, 0.1) is 0 Å². The van der Waals surface area contributed by atoms with Crippen molar-refractivity contribution in [3.8, 4) is 0 Å². The second-order valence-electron chi connectivity index (χ2n) is 5.50. The average Bonchev–Trinajstić information content (AvgIpc) is 2.53. The zero-order valence-electron chi connectivity index (χ0n) is 13.0. The van der Waals surface area contributed by atoms with Crippen molar-refractivity contribution in [2.75, 3.05) is 26.2 Å². The van der Waals surface area contributed by atoms with Gasteiger partial charge in [-0.15, -0.1) is 12.4 Å². The van der Waals surface area contributed by atoms with Gasteiger partial charge in [-0.1, -0.05) is 37.3 Å². The molecular formula is C15H26ClN3O2S. The molecule has 126 valence electrons. The minimum Gasteiger partial charge on any atom is -0.330 e. The summed E-state index contributed by atoms with van der Waals surface area (Å²) < 4.78 is 28.6. The number of halogens is 1. The number of hydrogen-bond donors (Lipinski definition) is 1. The molecule has 22 heavy (non-hydrogen) atoms. The number of nitrogens with two attached hydrogens (primary N) is 1. The third kappa shape index (κ3) is 4.67. The van der Waals surface area contributed by atoms with E-state index in [1.165, 1.54) is 0 Å². The van der Waals surface area contributed by atoms with Crippen molar-refractivity contribution in [3.63, 3.8) is 0 Å². The molecule has 0 saturated carbocycles. The summed E-state index contributed by atoms with van der Waals surface area (Å²) in [6.45, 7) is 4.60. The molecule has 1 aliphatic rings. The topological polar surface area (TPSA) is 66.6 Å². The molecule has 1 aromatic rings. The fourth-order valence-electron chi connectivity index (χ4n) is 2.68. The lowest BCUT2D eigenvalue weighted by molar-refractivity contribution is 0.257. The molecule has 1 saturated heterocycles. The highest BCUT2D eigenvalue weighted by atomic mass is 35.5. The van der Waals surface area contributed by atoms with Crippen molar-refractivity contribution in [1.29, 1.82) is 0 Å². The number of nitrogens with zero attached hydrogens (tertiary/aromatic N) is 2. The molecule has 2 N–H and O–H groups in total. The molecule has 0 atom stereocenters. The van der Waals surface area contributed by atoms with Crippen LogP contribution in [0.1, 0.15) is 25.3 Å². The highest BCUT2D eigenvalue weighted by Gasteiger charge is 2.31. The summed E-state index contributed by atoms with van der Waals surface area (Å²) in [6.07, 6.45) is 1.72. The summed E-state index contributed by atoms with van der Waals surface area (Å²) in [5, 5.41) is 0. The first-order valence-corrected chi connectivity index (χ1v) is 8.96. The minimum absolute atomic E-state index is 0. The molecule has 1 aliphatic heterocycles. The Kier molecular flexibility index (Phi) is 7.79. The molecule has 0 amide bonds. The van der Waals surface area contributed by atoms with Gasteiger partial charge in [0, 0.05) is 26.2 Å². The summed E-state index contributed by atoms with van der Waals surface area (Å²) >= 11 is 0. The van der Waals surface area contributed by atoms with Crippen LogP contribution in [0.5, 0.6) is 0 Å². The minimum atomic E-state index is -3.38. The van der Waals surface area contributed by atoms with Crippen LogP contribution in [0.2, 0.25) is 0 Å². The predicted molar refractivity (Wildman–Crippen MR) is 92.0 cm³/mol. The quantitative estimate of drug-likeness (QED) is 0.854. The van der Waals surface area contributed by atoms with Crippen molar-refractivity contribution in [1.82, 2.24) is 8.61 Å². The molecule has 0 radical (unpaired) electrons. The smallest absolute Gasteiger partial charge is 0.282 e. The van der Waals surface area contributed by atoms with Gasteiger partial charge < -0.3 is 5.73 Å². The molecule has 1 aromatic carbocycles. The second kappa shape index (κ2) is 8.84. The van der Waals surface area contributed by atoms with E-state index in [0.29, 0.717) is 38.6 Å². The molecule has 7 heteroatoms. The Bertz CT molecular complexity index is 531. The van der Waals surface area contributed by atoms with Gasteiger partial charge in [-0.3, -0.25) is 0 Å². The first kappa shape index (κ1) is 19.4. The Morgan fingerprint density at radius 1 is 1.23 bits per heavy atom. The summed E-state index contributed by atoms with van der Waals surface area (Å²) in [5.41, 5.74) is 6.68. The highest BCUT2D eigenvalue weighted by Crippen LogP contribution is 2.21. The maximum Gasteiger partial charge on any atom is 0.282 e. The van der Waals surface area contributed by atoms with E-state index in [1.807, 2.05) is 37.3 Å². The molecule has 0 aromatic heterocycles. The third-order valence-corrected chi connectivity index (χ3v) is 6.17. The van der Waals surface area contributed by atoms with Gasteiger partial charge in [-0.25, -0.2) is 0 Å². The average molecular weight is 348 g/mol. The van der Waals surface area contributed by atoms with Crippen LogP contribution in [0.25, 0.3) is 0 Å². The lowest BCUT2D eigenvalue weighted by Crippen LogP contribution is -2.47. The van der Waals surface area contributed by atoms with Crippen LogP contribution in [0.3, 0.4) is 0 Å². The fraction of sp³-hybridized carbons (Fsp3) is 0.600. The van der Waals surface area contributed by atoms with E-state index in [-0.39, 0.29) is 12.4 Å². The standard InChI is InChI=1S/C15H25N3O2S.ClH/c1-2-17(13-15-6-4-3-5-7-15)21(19,20)18-10-8-14(12-16)9-11-18;/h3-7,14H,2,8-13,16H2,1H3;1H. The van der Waals surface area contributed by atoms with Gasteiger partial charge in [-0.05, 0) is 30.9 Å². The van der Waals surface area contributed by atoms with Crippen LogP contribution in [0, 0.1) is 5.92 Å². The Morgan fingerprint density at radius 3 is 2.32 bits per heavy atom. The Labute approximate surface area is 140 Å². The Morgan fingerprint density at radius 2 is 1.82 bits per heavy atom. The van der Waals surface area contributed by atoms with E-state index in [1.54, 1.807) is 8.61 Å². The van der Waals surface area contributed by atoms with Crippen molar-refractivity contribution < 1.29 is 8.42 Å². The molecule has 0 spiro atoms. The monoisotopic (exact) mass is 347 g/mol. The van der Waals surface area contributed by atoms with Crippen molar-refractivity contribution in [3.05, 3.63) is 35.9 Å². The third-order valence-electron chi connectivity index (χ3n) is 4.11. The maximum absolute atomic E-state index is 12.7. The zero-order chi connectivity index (χ0) is 15.3. The van der Waals surface area contributed by atoms with E-state index in [9.17, 15) is 8.42 Å². The fourth-order valence-corrected chi connectivity index (χ4v) is 4.32. The maximum atomic E-state index is 12.7. The molecule has 1 fully saturated rings. The van der Waals surface area contributed by atoms with E-state index in [0.717, 1.165) is 18.4 Å². The summed E-state index contributed by atoms with van der Waals surface area (Å²) in [5.74, 6) is 0.459. The molecule has 0 unspecified atom stereocenters. The van der Waals surface area contributed by atoms with E-state index >= 15 is 0 Å². The number of piperidine rings is 1. The molecular weight excluding hydrogens is 322 g/mol. The molecule has 2 rings (SSSR count). The SMILES string of the molecule is CCN(Cc1ccccc1)S(=O)(=O)N1CCC(CN)CC1.Cl. The normalized spacial score (nSPS) is 17.4. The largest absolute Gasteiger partial charge is 0.330 e. The number of benzene rings is 1. The molecule has 5 nitrogen and oxygen atoms in total. The Hall–Kier alpha value is -0.660. The van der Waals surface area contributed by atoms with Crippen LogP contribution in [0.15, 0.2) is 30.3 Å². The van der Waals surface area contributed by atoms with Crippen LogP contribution < -0.4 is 5.73 Å². The van der Waals surface area contributed by atoms with Gasteiger partial charge in [0.15, 0.2) is 0 Å². The van der Waals surface area contributed by atoms with Gasteiger partial charge >= 0.3 is 0 Å². The zero-order valence-corrected chi connectivity index (χ0v) is 14.7. The van der Waals surface area contributed by atoms with Crippen molar-refractivity contribution >= 4 is 22.6 Å². The first-order chi connectivity index (χ1) is 10.1. The highest BCUT2D eigenvalue weighted by molar-refractivity contribution is 7.86. The summed E-state index contributed by atoms with van der Waals surface area (Å²) in [4.78, 5) is 0. The van der Waals surface area contributed by atoms with Crippen LogP contribution in [-0.4, -0.2) is 43.2 Å². The van der Waals surface area contributed by atoms with Crippen molar-refractivity contribution in [2.45, 2.75) is 26.3 Å². The van der Waals surface area contributed by atoms with Crippen molar-refractivity contribution in [2.24, 2.45) is 11.7 Å². The second-order valence-corrected chi connectivity index (χ2v) is 7.43. The van der Waals surface area contributed by atoms with E-state index in [4.69, 9.17) is 5.73 Å². The Balaban J connectivity index is 0.00000242. The van der Waals surface area contributed by atoms with E-state index in [2.05, 4.69) is 0 Å². The molecule has 0 bridgehead atoms. The van der Waals surface area contributed by atoms with Crippen LogP contribution in [-0.2, 0) is 16.8 Å². The van der Waals surface area contributed by atoms with Crippen LogP contribution in [0.4, 0.5) is 0 Å². The molecule has 0 aliphatic carbocycles. The number of rotatable bonds is 6. The molecule has 1 heterocycles.